The van der Waals surface area contributed by atoms with E-state index in [1.54, 1.807) is 0 Å². The molecule has 0 aliphatic heterocycles. The maximum Gasteiger partial charge on any atom is 0.00905 e. The van der Waals surface area contributed by atoms with Gasteiger partial charge in [-0.15, -0.1) is 11.3 Å². The second-order valence-electron chi connectivity index (χ2n) is 3.76. The summed E-state index contributed by atoms with van der Waals surface area (Å²) in [6.45, 7) is 4.55. The summed E-state index contributed by atoms with van der Waals surface area (Å²) < 4.78 is 0. The predicted octanol–water partition coefficient (Wildman–Crippen LogP) is 2.92. The van der Waals surface area contributed by atoms with Crippen LogP contribution in [0.4, 0.5) is 0 Å². The number of hydrogen-bond donors (Lipinski definition) is 1. The van der Waals surface area contributed by atoms with Crippen molar-refractivity contribution < 1.29 is 0 Å². The zero-order chi connectivity index (χ0) is 9.68. The van der Waals surface area contributed by atoms with E-state index in [0.29, 0.717) is 6.04 Å². The monoisotopic (exact) mass is 197 g/mol. The highest BCUT2D eigenvalue weighted by atomic mass is 32.1. The first-order chi connectivity index (χ1) is 6.24. The van der Waals surface area contributed by atoms with Crippen molar-refractivity contribution in [2.24, 2.45) is 5.92 Å². The summed E-state index contributed by atoms with van der Waals surface area (Å²) in [5.41, 5.74) is 0. The highest BCUT2D eigenvalue weighted by Crippen LogP contribution is 2.14. The molecule has 1 atom stereocenters. The Morgan fingerprint density at radius 3 is 2.69 bits per heavy atom. The van der Waals surface area contributed by atoms with Crippen molar-refractivity contribution in [2.75, 3.05) is 7.05 Å². The Bertz CT molecular complexity index is 216. The van der Waals surface area contributed by atoms with E-state index in [2.05, 4.69) is 43.7 Å². The van der Waals surface area contributed by atoms with E-state index in [9.17, 15) is 0 Å². The lowest BCUT2D eigenvalue weighted by atomic mass is 9.99. The van der Waals surface area contributed by atoms with Crippen LogP contribution >= 0.6 is 11.3 Å². The van der Waals surface area contributed by atoms with Crippen LogP contribution in [0.15, 0.2) is 17.5 Å². The summed E-state index contributed by atoms with van der Waals surface area (Å²) in [5, 5.41) is 5.52. The van der Waals surface area contributed by atoms with Crippen LogP contribution in [0.5, 0.6) is 0 Å². The second kappa shape index (κ2) is 5.40. The molecule has 1 nitrogen and oxygen atoms in total. The zero-order valence-electron chi connectivity index (χ0n) is 8.71. The van der Waals surface area contributed by atoms with Crippen LogP contribution in [0.3, 0.4) is 0 Å². The first-order valence-corrected chi connectivity index (χ1v) is 5.81. The lowest BCUT2D eigenvalue weighted by Crippen LogP contribution is -2.30. The first-order valence-electron chi connectivity index (χ1n) is 4.93. The van der Waals surface area contributed by atoms with Crippen LogP contribution in [0, 0.1) is 5.92 Å². The molecule has 0 spiro atoms. The predicted molar refractivity (Wildman–Crippen MR) is 60.3 cm³/mol. The fourth-order valence-electron chi connectivity index (χ4n) is 1.56. The summed E-state index contributed by atoms with van der Waals surface area (Å²) in [7, 11) is 2.05. The summed E-state index contributed by atoms with van der Waals surface area (Å²) in [4.78, 5) is 1.50. The van der Waals surface area contributed by atoms with E-state index >= 15 is 0 Å². The molecule has 13 heavy (non-hydrogen) atoms. The molecule has 0 saturated carbocycles. The molecule has 74 valence electrons. The molecule has 1 aromatic rings. The van der Waals surface area contributed by atoms with Crippen LogP contribution in [0.2, 0.25) is 0 Å². The Morgan fingerprint density at radius 1 is 1.46 bits per heavy atom. The Morgan fingerprint density at radius 2 is 2.23 bits per heavy atom. The third-order valence-electron chi connectivity index (χ3n) is 2.46. The molecule has 1 N–H and O–H groups in total. The minimum atomic E-state index is 0.655. The van der Waals surface area contributed by atoms with Gasteiger partial charge in [0, 0.05) is 10.9 Å². The van der Waals surface area contributed by atoms with E-state index in [-0.39, 0.29) is 0 Å². The van der Waals surface area contributed by atoms with Crippen LogP contribution in [-0.2, 0) is 6.42 Å². The molecule has 0 radical (unpaired) electrons. The molecule has 1 rings (SSSR count). The topological polar surface area (TPSA) is 12.0 Å². The van der Waals surface area contributed by atoms with Gasteiger partial charge in [0.2, 0.25) is 0 Å². The SMILES string of the molecule is CNC(CCc1cccs1)C(C)C. The Hall–Kier alpha value is -0.340. The molecular formula is C11H19NS. The van der Waals surface area contributed by atoms with Crippen LogP contribution in [-0.4, -0.2) is 13.1 Å². The van der Waals surface area contributed by atoms with Crippen molar-refractivity contribution in [1.82, 2.24) is 5.32 Å². The number of hydrogen-bond acceptors (Lipinski definition) is 2. The maximum atomic E-state index is 3.37. The van der Waals surface area contributed by atoms with Gasteiger partial charge in [0.15, 0.2) is 0 Å². The summed E-state index contributed by atoms with van der Waals surface area (Å²) in [5.74, 6) is 0.727. The summed E-state index contributed by atoms with van der Waals surface area (Å²) >= 11 is 1.86. The fraction of sp³-hybridized carbons (Fsp3) is 0.636. The molecule has 0 bridgehead atoms. The number of nitrogens with one attached hydrogen (secondary N) is 1. The second-order valence-corrected chi connectivity index (χ2v) is 4.79. The number of aryl methyl sites for hydroxylation is 1. The van der Waals surface area contributed by atoms with Gasteiger partial charge in [-0.3, -0.25) is 0 Å². The fourth-order valence-corrected chi connectivity index (χ4v) is 2.29. The maximum absolute atomic E-state index is 3.37. The van der Waals surface area contributed by atoms with E-state index in [1.165, 1.54) is 17.7 Å². The molecule has 1 aromatic heterocycles. The number of thiophene rings is 1. The zero-order valence-corrected chi connectivity index (χ0v) is 9.53. The molecule has 1 unspecified atom stereocenters. The minimum Gasteiger partial charge on any atom is -0.317 e. The first kappa shape index (κ1) is 10.7. The van der Waals surface area contributed by atoms with Gasteiger partial charge < -0.3 is 5.32 Å². The largest absolute Gasteiger partial charge is 0.317 e. The summed E-state index contributed by atoms with van der Waals surface area (Å²) in [6, 6.07) is 5.00. The highest BCUT2D eigenvalue weighted by Gasteiger charge is 2.10. The van der Waals surface area contributed by atoms with Gasteiger partial charge in [-0.25, -0.2) is 0 Å². The van der Waals surface area contributed by atoms with Crippen molar-refractivity contribution >= 4 is 11.3 Å². The minimum absolute atomic E-state index is 0.655. The summed E-state index contributed by atoms with van der Waals surface area (Å²) in [6.07, 6.45) is 2.45. The van der Waals surface area contributed by atoms with Gasteiger partial charge in [-0.05, 0) is 37.3 Å². The van der Waals surface area contributed by atoms with Gasteiger partial charge in [-0.2, -0.15) is 0 Å². The van der Waals surface area contributed by atoms with Crippen molar-refractivity contribution in [3.05, 3.63) is 22.4 Å². The Labute approximate surface area is 85.2 Å². The van der Waals surface area contributed by atoms with Gasteiger partial charge in [0.1, 0.15) is 0 Å². The molecule has 1 heterocycles. The third-order valence-corrected chi connectivity index (χ3v) is 3.39. The molecule has 0 aliphatic carbocycles. The normalized spacial score (nSPS) is 13.5. The van der Waals surface area contributed by atoms with E-state index < -0.39 is 0 Å². The third kappa shape index (κ3) is 3.49. The Kier molecular flexibility index (Phi) is 4.46. The molecule has 0 aliphatic rings. The van der Waals surface area contributed by atoms with Crippen molar-refractivity contribution in [3.63, 3.8) is 0 Å². The van der Waals surface area contributed by atoms with Gasteiger partial charge >= 0.3 is 0 Å². The van der Waals surface area contributed by atoms with E-state index in [4.69, 9.17) is 0 Å². The molecule has 2 heteroatoms. The molecule has 0 amide bonds. The van der Waals surface area contributed by atoms with Crippen molar-refractivity contribution in [2.45, 2.75) is 32.7 Å². The average Bonchev–Trinajstić information content (AvgIpc) is 2.57. The standard InChI is InChI=1S/C11H19NS/c1-9(2)11(12-3)7-6-10-5-4-8-13-10/h4-5,8-9,11-12H,6-7H2,1-3H3. The lowest BCUT2D eigenvalue weighted by Gasteiger charge is -2.19. The van der Waals surface area contributed by atoms with E-state index in [0.717, 1.165) is 5.92 Å². The Balaban J connectivity index is 2.32. The average molecular weight is 197 g/mol. The van der Waals surface area contributed by atoms with Crippen LogP contribution in [0.1, 0.15) is 25.1 Å². The lowest BCUT2D eigenvalue weighted by molar-refractivity contribution is 0.404. The quantitative estimate of drug-likeness (QED) is 0.765. The molecule has 0 aromatic carbocycles. The highest BCUT2D eigenvalue weighted by molar-refractivity contribution is 7.09. The van der Waals surface area contributed by atoms with Crippen LogP contribution < -0.4 is 5.32 Å². The van der Waals surface area contributed by atoms with E-state index in [1.807, 2.05) is 11.3 Å². The van der Waals surface area contributed by atoms with Crippen molar-refractivity contribution in [3.8, 4) is 0 Å². The smallest absolute Gasteiger partial charge is 0.00905 e. The van der Waals surface area contributed by atoms with Crippen LogP contribution in [0.25, 0.3) is 0 Å². The molecule has 0 saturated heterocycles. The molecule has 0 fully saturated rings. The van der Waals surface area contributed by atoms with Gasteiger partial charge in [0.25, 0.3) is 0 Å². The molecular weight excluding hydrogens is 178 g/mol. The van der Waals surface area contributed by atoms with Crippen molar-refractivity contribution in [1.29, 1.82) is 0 Å². The van der Waals surface area contributed by atoms with Gasteiger partial charge in [0.05, 0.1) is 0 Å². The van der Waals surface area contributed by atoms with Gasteiger partial charge in [-0.1, -0.05) is 19.9 Å². The number of rotatable bonds is 5.